The third-order valence-electron chi connectivity index (χ3n) is 4.37. The normalized spacial score (nSPS) is 17.8. The highest BCUT2D eigenvalue weighted by molar-refractivity contribution is 5.93. The van der Waals surface area contributed by atoms with Gasteiger partial charge in [0.1, 0.15) is 12.1 Å². The lowest BCUT2D eigenvalue weighted by Crippen LogP contribution is -2.49. The summed E-state index contributed by atoms with van der Waals surface area (Å²) in [5.74, 6) is -1.02. The van der Waals surface area contributed by atoms with Crippen molar-refractivity contribution < 1.29 is 19.1 Å². The van der Waals surface area contributed by atoms with Crippen molar-refractivity contribution >= 4 is 28.6 Å². The molecule has 2 aromatic carbocycles. The van der Waals surface area contributed by atoms with Crippen LogP contribution in [0.15, 0.2) is 42.5 Å². The molecule has 2 aromatic rings. The lowest BCUT2D eigenvalue weighted by atomic mass is 10.0. The number of fused-ring (bicyclic) bond motifs is 1. The van der Waals surface area contributed by atoms with E-state index in [9.17, 15) is 14.4 Å². The first kappa shape index (κ1) is 17.0. The standard InChI is InChI=1S/C19H20N2O4/c1-25-19(24)16(21-18(23)15-8-9-17(22)20-15)11-12-6-7-13-4-2-3-5-14(13)10-12/h2-7,10,15-16H,8-9,11H2,1H3,(H,20,22)(H,21,23)/t15-,16+/m0/s1. The second-order valence-electron chi connectivity index (χ2n) is 6.13. The van der Waals surface area contributed by atoms with Crippen LogP contribution >= 0.6 is 0 Å². The summed E-state index contributed by atoms with van der Waals surface area (Å²) in [6, 6.07) is 12.5. The van der Waals surface area contributed by atoms with Gasteiger partial charge in [0.15, 0.2) is 0 Å². The summed E-state index contributed by atoms with van der Waals surface area (Å²) < 4.78 is 4.82. The van der Waals surface area contributed by atoms with Gasteiger partial charge in [0.25, 0.3) is 0 Å². The van der Waals surface area contributed by atoms with E-state index in [-0.39, 0.29) is 11.8 Å². The molecule has 2 amide bonds. The summed E-state index contributed by atoms with van der Waals surface area (Å²) in [6.45, 7) is 0. The van der Waals surface area contributed by atoms with Crippen molar-refractivity contribution in [2.24, 2.45) is 0 Å². The Labute approximate surface area is 145 Å². The number of hydrogen-bond donors (Lipinski definition) is 2. The molecule has 0 bridgehead atoms. The van der Waals surface area contributed by atoms with Gasteiger partial charge in [-0.3, -0.25) is 9.59 Å². The molecule has 25 heavy (non-hydrogen) atoms. The van der Waals surface area contributed by atoms with Crippen LogP contribution in [0, 0.1) is 0 Å². The van der Waals surface area contributed by atoms with E-state index in [0.29, 0.717) is 19.3 Å². The van der Waals surface area contributed by atoms with Crippen molar-refractivity contribution in [2.45, 2.75) is 31.3 Å². The van der Waals surface area contributed by atoms with Gasteiger partial charge in [-0.25, -0.2) is 4.79 Å². The molecule has 0 aromatic heterocycles. The molecular weight excluding hydrogens is 320 g/mol. The van der Waals surface area contributed by atoms with E-state index in [0.717, 1.165) is 16.3 Å². The Morgan fingerprint density at radius 1 is 1.24 bits per heavy atom. The highest BCUT2D eigenvalue weighted by Gasteiger charge is 2.30. The number of hydrogen-bond acceptors (Lipinski definition) is 4. The second kappa shape index (κ2) is 7.34. The summed E-state index contributed by atoms with van der Waals surface area (Å²) in [7, 11) is 1.29. The van der Waals surface area contributed by atoms with Gasteiger partial charge in [-0.2, -0.15) is 0 Å². The van der Waals surface area contributed by atoms with Crippen molar-refractivity contribution in [1.29, 1.82) is 0 Å². The molecule has 1 fully saturated rings. The Bertz CT molecular complexity index is 818. The minimum absolute atomic E-state index is 0.149. The molecule has 0 aliphatic carbocycles. The summed E-state index contributed by atoms with van der Waals surface area (Å²) in [4.78, 5) is 35.6. The fraction of sp³-hybridized carbons (Fsp3) is 0.316. The quantitative estimate of drug-likeness (QED) is 0.804. The van der Waals surface area contributed by atoms with Crippen LogP contribution in [0.3, 0.4) is 0 Å². The van der Waals surface area contributed by atoms with Crippen molar-refractivity contribution in [2.75, 3.05) is 7.11 Å². The number of carbonyl (C=O) groups is 3. The van der Waals surface area contributed by atoms with Crippen molar-refractivity contribution in [3.05, 3.63) is 48.0 Å². The number of ether oxygens (including phenoxy) is 1. The first-order valence-electron chi connectivity index (χ1n) is 8.22. The molecule has 0 radical (unpaired) electrons. The largest absolute Gasteiger partial charge is 0.467 e. The lowest BCUT2D eigenvalue weighted by molar-refractivity contribution is -0.145. The molecule has 3 rings (SSSR count). The SMILES string of the molecule is COC(=O)[C@@H](Cc1ccc2ccccc2c1)NC(=O)[C@@H]1CCC(=O)N1. The van der Waals surface area contributed by atoms with E-state index in [2.05, 4.69) is 10.6 Å². The number of rotatable bonds is 5. The van der Waals surface area contributed by atoms with Gasteiger partial charge in [-0.15, -0.1) is 0 Å². The number of benzene rings is 2. The van der Waals surface area contributed by atoms with E-state index in [1.54, 1.807) is 0 Å². The first-order valence-corrected chi connectivity index (χ1v) is 8.22. The van der Waals surface area contributed by atoms with Gasteiger partial charge in [-0.05, 0) is 22.8 Å². The van der Waals surface area contributed by atoms with Crippen LogP contribution in [0.25, 0.3) is 10.8 Å². The molecule has 0 saturated carbocycles. The van der Waals surface area contributed by atoms with Crippen LogP contribution in [-0.2, 0) is 25.5 Å². The highest BCUT2D eigenvalue weighted by atomic mass is 16.5. The highest BCUT2D eigenvalue weighted by Crippen LogP contribution is 2.17. The van der Waals surface area contributed by atoms with E-state index in [1.165, 1.54) is 7.11 Å². The van der Waals surface area contributed by atoms with Gasteiger partial charge < -0.3 is 15.4 Å². The van der Waals surface area contributed by atoms with E-state index < -0.39 is 18.1 Å². The van der Waals surface area contributed by atoms with Crippen LogP contribution in [0.4, 0.5) is 0 Å². The van der Waals surface area contributed by atoms with Gasteiger partial charge in [0.2, 0.25) is 11.8 Å². The molecule has 1 heterocycles. The minimum atomic E-state index is -0.795. The topological polar surface area (TPSA) is 84.5 Å². The average molecular weight is 340 g/mol. The Hall–Kier alpha value is -2.89. The molecule has 2 atom stereocenters. The van der Waals surface area contributed by atoms with Gasteiger partial charge in [0.05, 0.1) is 7.11 Å². The van der Waals surface area contributed by atoms with Crippen LogP contribution in [0.1, 0.15) is 18.4 Å². The predicted octanol–water partition coefficient (Wildman–Crippen LogP) is 1.32. The van der Waals surface area contributed by atoms with E-state index in [1.807, 2.05) is 42.5 Å². The Kier molecular flexibility index (Phi) is 4.97. The molecule has 6 nitrogen and oxygen atoms in total. The van der Waals surface area contributed by atoms with Crippen molar-refractivity contribution in [3.63, 3.8) is 0 Å². The van der Waals surface area contributed by atoms with E-state index >= 15 is 0 Å². The molecule has 0 spiro atoms. The Morgan fingerprint density at radius 3 is 2.68 bits per heavy atom. The molecule has 0 unspecified atom stereocenters. The molecule has 1 aliphatic heterocycles. The monoisotopic (exact) mass is 340 g/mol. The minimum Gasteiger partial charge on any atom is -0.467 e. The fourth-order valence-corrected chi connectivity index (χ4v) is 3.02. The number of carbonyl (C=O) groups excluding carboxylic acids is 3. The lowest BCUT2D eigenvalue weighted by Gasteiger charge is -2.19. The van der Waals surface area contributed by atoms with Gasteiger partial charge in [0, 0.05) is 12.8 Å². The molecule has 6 heteroatoms. The van der Waals surface area contributed by atoms with Crippen molar-refractivity contribution in [3.8, 4) is 0 Å². The van der Waals surface area contributed by atoms with Gasteiger partial charge >= 0.3 is 5.97 Å². The number of esters is 1. The maximum atomic E-state index is 12.3. The van der Waals surface area contributed by atoms with Crippen LogP contribution < -0.4 is 10.6 Å². The number of nitrogens with one attached hydrogen (secondary N) is 2. The molecular formula is C19H20N2O4. The first-order chi connectivity index (χ1) is 12.1. The van der Waals surface area contributed by atoms with Crippen LogP contribution in [0.2, 0.25) is 0 Å². The second-order valence-corrected chi connectivity index (χ2v) is 6.13. The Balaban J connectivity index is 1.74. The maximum absolute atomic E-state index is 12.3. The third-order valence-corrected chi connectivity index (χ3v) is 4.37. The molecule has 1 aliphatic rings. The zero-order chi connectivity index (χ0) is 17.8. The molecule has 1 saturated heterocycles. The third kappa shape index (κ3) is 3.96. The van der Waals surface area contributed by atoms with Gasteiger partial charge in [-0.1, -0.05) is 42.5 Å². The summed E-state index contributed by atoms with van der Waals surface area (Å²) in [5.41, 5.74) is 0.921. The number of amides is 2. The Morgan fingerprint density at radius 2 is 2.00 bits per heavy atom. The van der Waals surface area contributed by atoms with E-state index in [4.69, 9.17) is 4.74 Å². The maximum Gasteiger partial charge on any atom is 0.328 e. The fourth-order valence-electron chi connectivity index (χ4n) is 3.02. The smallest absolute Gasteiger partial charge is 0.328 e. The number of methoxy groups -OCH3 is 1. The van der Waals surface area contributed by atoms with Crippen molar-refractivity contribution in [1.82, 2.24) is 10.6 Å². The molecule has 130 valence electrons. The zero-order valence-corrected chi connectivity index (χ0v) is 14.0. The zero-order valence-electron chi connectivity index (χ0n) is 14.0. The summed E-state index contributed by atoms with van der Waals surface area (Å²) in [5, 5.41) is 7.48. The van der Waals surface area contributed by atoms with Crippen LogP contribution in [0.5, 0.6) is 0 Å². The average Bonchev–Trinajstić information content (AvgIpc) is 3.07. The van der Waals surface area contributed by atoms with Crippen LogP contribution in [-0.4, -0.2) is 37.0 Å². The summed E-state index contributed by atoms with van der Waals surface area (Å²) in [6.07, 6.45) is 1.09. The summed E-state index contributed by atoms with van der Waals surface area (Å²) >= 11 is 0. The molecule has 2 N–H and O–H groups in total. The predicted molar refractivity (Wildman–Crippen MR) is 92.8 cm³/mol.